The van der Waals surface area contributed by atoms with Crippen LogP contribution in [0.15, 0.2) is 23.0 Å². The molecule has 0 atom stereocenters. The Morgan fingerprint density at radius 1 is 1.29 bits per heavy atom. The minimum atomic E-state index is -1.11. The van der Waals surface area contributed by atoms with Gasteiger partial charge in [0.1, 0.15) is 21.3 Å². The molecule has 2 heterocycles. The molecule has 0 bridgehead atoms. The van der Waals surface area contributed by atoms with Crippen molar-refractivity contribution in [3.63, 3.8) is 0 Å². The normalized spacial score (nSPS) is 11.1. The fraction of sp³-hybridized carbons (Fsp3) is 0.300. The van der Waals surface area contributed by atoms with Gasteiger partial charge in [0.2, 0.25) is 0 Å². The Bertz CT molecular complexity index is 1160. The number of halogens is 1. The fourth-order valence-electron chi connectivity index (χ4n) is 3.09. The van der Waals surface area contributed by atoms with Gasteiger partial charge in [-0.25, -0.2) is 14.2 Å². The smallest absolute Gasteiger partial charge is 0.346 e. The summed E-state index contributed by atoms with van der Waals surface area (Å²) in [6.45, 7) is 4.82. The number of hydrogen-bond acceptors (Lipinski definition) is 5. The van der Waals surface area contributed by atoms with Crippen LogP contribution in [0.25, 0.3) is 10.2 Å². The number of carbonyl (C=O) groups is 2. The number of hydrogen-bond donors (Lipinski definition) is 1. The molecule has 0 saturated heterocycles. The van der Waals surface area contributed by atoms with Crippen molar-refractivity contribution in [2.75, 3.05) is 0 Å². The Morgan fingerprint density at radius 3 is 2.61 bits per heavy atom. The number of carbonyl (C=O) groups excluding carboxylic acids is 1. The Morgan fingerprint density at radius 2 is 2.00 bits per heavy atom. The monoisotopic (exact) mass is 402 g/mol. The average molecular weight is 402 g/mol. The third-order valence-electron chi connectivity index (χ3n) is 4.58. The number of aromatic carboxylic acids is 1. The van der Waals surface area contributed by atoms with E-state index in [2.05, 4.69) is 4.98 Å². The van der Waals surface area contributed by atoms with Gasteiger partial charge < -0.3 is 5.11 Å². The summed E-state index contributed by atoms with van der Waals surface area (Å²) in [4.78, 5) is 42.1. The van der Waals surface area contributed by atoms with Crippen LogP contribution in [0.3, 0.4) is 0 Å². The maximum Gasteiger partial charge on any atom is 0.346 e. The number of ketones is 1. The Labute approximate surface area is 164 Å². The minimum absolute atomic E-state index is 0.0697. The van der Waals surface area contributed by atoms with Crippen LogP contribution in [0.1, 0.15) is 50.3 Å². The van der Waals surface area contributed by atoms with Gasteiger partial charge in [0.05, 0.1) is 11.9 Å². The van der Waals surface area contributed by atoms with E-state index in [0.29, 0.717) is 40.2 Å². The van der Waals surface area contributed by atoms with Crippen LogP contribution in [-0.2, 0) is 13.0 Å². The standard InChI is InChI=1S/C20H19FN2O4S/c1-4-5-15-22-18-16(11(3)17(28-18)20(26)27)19(25)23(15)9-14(24)12-6-7-13(21)10(2)8-12/h6-8H,4-5,9H2,1-3H3,(H,26,27). The second-order valence-electron chi connectivity index (χ2n) is 6.60. The van der Waals surface area contributed by atoms with Gasteiger partial charge in [-0.1, -0.05) is 6.92 Å². The maximum atomic E-state index is 13.5. The molecule has 8 heteroatoms. The number of fused-ring (bicyclic) bond motifs is 1. The molecular formula is C20H19FN2O4S. The molecule has 3 rings (SSSR count). The number of rotatable bonds is 6. The van der Waals surface area contributed by atoms with Gasteiger partial charge in [0.15, 0.2) is 5.78 Å². The van der Waals surface area contributed by atoms with Gasteiger partial charge in [0.25, 0.3) is 5.56 Å². The van der Waals surface area contributed by atoms with Gasteiger partial charge in [0, 0.05) is 12.0 Å². The number of carboxylic acid groups (broad SMARTS) is 1. The number of aromatic nitrogens is 2. The summed E-state index contributed by atoms with van der Waals surface area (Å²) in [5.74, 6) is -1.42. The van der Waals surface area contributed by atoms with Crippen LogP contribution in [0.5, 0.6) is 0 Å². The van der Waals surface area contributed by atoms with Crippen molar-refractivity contribution in [2.24, 2.45) is 0 Å². The number of Topliss-reactive ketones (excluding diaryl/α,β-unsaturated/α-hetero) is 1. The van der Waals surface area contributed by atoms with E-state index < -0.39 is 17.3 Å². The molecule has 0 spiro atoms. The molecule has 3 aromatic rings. The molecule has 6 nitrogen and oxygen atoms in total. The van der Waals surface area contributed by atoms with E-state index in [4.69, 9.17) is 0 Å². The van der Waals surface area contributed by atoms with Gasteiger partial charge >= 0.3 is 5.97 Å². The fourth-order valence-corrected chi connectivity index (χ4v) is 4.12. The summed E-state index contributed by atoms with van der Waals surface area (Å²) < 4.78 is 14.8. The number of aryl methyl sites for hydroxylation is 3. The van der Waals surface area contributed by atoms with Crippen molar-refractivity contribution in [2.45, 2.75) is 40.2 Å². The number of nitrogens with zero attached hydrogens (tertiary/aromatic N) is 2. The zero-order valence-electron chi connectivity index (χ0n) is 15.7. The Kier molecular flexibility index (Phi) is 5.42. The Hall–Kier alpha value is -2.87. The van der Waals surface area contributed by atoms with Crippen molar-refractivity contribution in [1.29, 1.82) is 0 Å². The second kappa shape index (κ2) is 7.63. The van der Waals surface area contributed by atoms with Crippen LogP contribution in [0, 0.1) is 19.7 Å². The van der Waals surface area contributed by atoms with Crippen molar-refractivity contribution >= 4 is 33.3 Å². The van der Waals surface area contributed by atoms with Gasteiger partial charge in [-0.3, -0.25) is 14.2 Å². The molecule has 1 aromatic carbocycles. The molecule has 0 unspecified atom stereocenters. The van der Waals surface area contributed by atoms with Gasteiger partial charge in [-0.05, 0) is 49.6 Å². The number of thiophene rings is 1. The number of carboxylic acids is 1. The second-order valence-corrected chi connectivity index (χ2v) is 7.60. The SMILES string of the molecule is CCCc1nc2sc(C(=O)O)c(C)c2c(=O)n1CC(=O)c1ccc(F)c(C)c1. The highest BCUT2D eigenvalue weighted by molar-refractivity contribution is 7.20. The van der Waals surface area contributed by atoms with Crippen LogP contribution >= 0.6 is 11.3 Å². The van der Waals surface area contributed by atoms with E-state index in [1.165, 1.54) is 22.8 Å². The quantitative estimate of drug-likeness (QED) is 0.635. The lowest BCUT2D eigenvalue weighted by molar-refractivity contribution is 0.0701. The van der Waals surface area contributed by atoms with Crippen LogP contribution in [0.2, 0.25) is 0 Å². The first kappa shape index (κ1) is 19.9. The zero-order valence-corrected chi connectivity index (χ0v) is 16.5. The predicted molar refractivity (Wildman–Crippen MR) is 105 cm³/mol. The molecule has 0 amide bonds. The summed E-state index contributed by atoms with van der Waals surface area (Å²) >= 11 is 0.963. The minimum Gasteiger partial charge on any atom is -0.477 e. The van der Waals surface area contributed by atoms with Gasteiger partial charge in [-0.15, -0.1) is 11.3 Å². The van der Waals surface area contributed by atoms with Crippen molar-refractivity contribution < 1.29 is 19.1 Å². The third-order valence-corrected chi connectivity index (χ3v) is 5.75. The largest absolute Gasteiger partial charge is 0.477 e. The molecule has 0 radical (unpaired) electrons. The molecule has 0 saturated carbocycles. The zero-order chi connectivity index (χ0) is 20.6. The lowest BCUT2D eigenvalue weighted by atomic mass is 10.1. The molecule has 146 valence electrons. The molecule has 1 N–H and O–H groups in total. The molecule has 0 aliphatic carbocycles. The third kappa shape index (κ3) is 3.47. The lowest BCUT2D eigenvalue weighted by Crippen LogP contribution is -2.28. The average Bonchev–Trinajstić information content (AvgIpc) is 2.97. The van der Waals surface area contributed by atoms with Crippen LogP contribution < -0.4 is 5.56 Å². The molecule has 2 aromatic heterocycles. The summed E-state index contributed by atoms with van der Waals surface area (Å²) in [6.07, 6.45) is 1.18. The predicted octanol–water partition coefficient (Wildman–Crippen LogP) is 3.75. The van der Waals surface area contributed by atoms with E-state index in [1.54, 1.807) is 13.8 Å². The molecular weight excluding hydrogens is 383 g/mol. The van der Waals surface area contributed by atoms with E-state index in [1.807, 2.05) is 6.92 Å². The van der Waals surface area contributed by atoms with Crippen molar-refractivity contribution in [3.8, 4) is 0 Å². The van der Waals surface area contributed by atoms with E-state index in [0.717, 1.165) is 11.3 Å². The van der Waals surface area contributed by atoms with Crippen molar-refractivity contribution in [1.82, 2.24) is 9.55 Å². The van der Waals surface area contributed by atoms with Crippen LogP contribution in [0.4, 0.5) is 4.39 Å². The summed E-state index contributed by atoms with van der Waals surface area (Å²) in [7, 11) is 0. The molecule has 28 heavy (non-hydrogen) atoms. The first-order chi connectivity index (χ1) is 13.2. The highest BCUT2D eigenvalue weighted by Gasteiger charge is 2.22. The van der Waals surface area contributed by atoms with Gasteiger partial charge in [-0.2, -0.15) is 0 Å². The van der Waals surface area contributed by atoms with Crippen LogP contribution in [-0.4, -0.2) is 26.4 Å². The first-order valence-corrected chi connectivity index (χ1v) is 9.61. The molecule has 0 fully saturated rings. The summed E-state index contributed by atoms with van der Waals surface area (Å²) in [5.41, 5.74) is 0.579. The van der Waals surface area contributed by atoms with E-state index >= 15 is 0 Å². The highest BCUT2D eigenvalue weighted by Crippen LogP contribution is 2.27. The molecule has 0 aliphatic rings. The van der Waals surface area contributed by atoms with E-state index in [-0.39, 0.29) is 22.6 Å². The number of benzene rings is 1. The topological polar surface area (TPSA) is 89.3 Å². The summed E-state index contributed by atoms with van der Waals surface area (Å²) in [5, 5.41) is 9.56. The lowest BCUT2D eigenvalue weighted by Gasteiger charge is -2.12. The summed E-state index contributed by atoms with van der Waals surface area (Å²) in [6, 6.07) is 4.06. The Balaban J connectivity index is 2.14. The van der Waals surface area contributed by atoms with Crippen molar-refractivity contribution in [3.05, 3.63) is 61.8 Å². The highest BCUT2D eigenvalue weighted by atomic mass is 32.1. The van der Waals surface area contributed by atoms with E-state index in [9.17, 15) is 23.9 Å². The maximum absolute atomic E-state index is 13.5. The first-order valence-electron chi connectivity index (χ1n) is 8.80. The molecule has 0 aliphatic heterocycles.